The zero-order chi connectivity index (χ0) is 29.6. The molecule has 0 bridgehead atoms. The fourth-order valence-electron chi connectivity index (χ4n) is 3.00. The third-order valence-electron chi connectivity index (χ3n) is 4.79. The molecule has 0 aromatic carbocycles. The summed E-state index contributed by atoms with van der Waals surface area (Å²) < 4.78 is 0. The standard InChI is InChI=1S/C21H33N5O12/c1-9(2)5-10(22)18(34)26-12(6-16(30)31)20(36)25-11(3-4-15(28)29)19(35)23-8-14(27)24-13(21(37)38)7-17(32)33/h9-13H,3-8,22H2,1-2H3,(H,23,35)(H,24,27)(H,25,36)(H,26,34)(H,28,29)(H,30,31)(H,32,33)(H,37,38)/t10-,11-,12-,13-/m0/s1. The number of hydrogen-bond donors (Lipinski definition) is 9. The van der Waals surface area contributed by atoms with Crippen molar-refractivity contribution in [2.75, 3.05) is 6.54 Å². The average molecular weight is 548 g/mol. The maximum absolute atomic E-state index is 12.7. The molecule has 0 saturated heterocycles. The van der Waals surface area contributed by atoms with Crippen LogP contribution < -0.4 is 27.0 Å². The number of amides is 4. The first-order valence-corrected chi connectivity index (χ1v) is 11.3. The minimum absolute atomic E-state index is 0.0127. The van der Waals surface area contributed by atoms with E-state index in [1.165, 1.54) is 0 Å². The summed E-state index contributed by atoms with van der Waals surface area (Å²) in [5.41, 5.74) is 5.75. The Kier molecular flexibility index (Phi) is 14.6. The lowest BCUT2D eigenvalue weighted by molar-refractivity contribution is -0.147. The summed E-state index contributed by atoms with van der Waals surface area (Å²) in [4.78, 5) is 93.5. The number of nitrogens with one attached hydrogen (secondary N) is 4. The number of carbonyl (C=O) groups is 8. The van der Waals surface area contributed by atoms with Crippen LogP contribution in [0.25, 0.3) is 0 Å². The second-order valence-corrected chi connectivity index (χ2v) is 8.66. The third-order valence-corrected chi connectivity index (χ3v) is 4.79. The topological polar surface area (TPSA) is 292 Å². The molecule has 17 nitrogen and oxygen atoms in total. The fourth-order valence-corrected chi connectivity index (χ4v) is 3.00. The van der Waals surface area contributed by atoms with E-state index in [0.717, 1.165) is 0 Å². The summed E-state index contributed by atoms with van der Waals surface area (Å²) >= 11 is 0. The fraction of sp³-hybridized carbons (Fsp3) is 0.619. The molecule has 0 unspecified atom stereocenters. The normalized spacial score (nSPS) is 13.8. The summed E-state index contributed by atoms with van der Waals surface area (Å²) in [6.07, 6.45) is -2.72. The molecule has 4 amide bonds. The van der Waals surface area contributed by atoms with Gasteiger partial charge in [-0.25, -0.2) is 4.79 Å². The van der Waals surface area contributed by atoms with Crippen molar-refractivity contribution < 1.29 is 58.8 Å². The van der Waals surface area contributed by atoms with Crippen LogP contribution in [0.1, 0.15) is 46.0 Å². The Hall–Kier alpha value is -4.28. The van der Waals surface area contributed by atoms with Crippen molar-refractivity contribution in [1.82, 2.24) is 21.3 Å². The molecule has 4 atom stereocenters. The Bertz CT molecular complexity index is 922. The Morgan fingerprint density at radius 2 is 1.21 bits per heavy atom. The molecule has 38 heavy (non-hydrogen) atoms. The second-order valence-electron chi connectivity index (χ2n) is 8.66. The minimum atomic E-state index is -1.79. The van der Waals surface area contributed by atoms with Gasteiger partial charge in [0.05, 0.1) is 25.4 Å². The third kappa shape index (κ3) is 14.3. The Balaban J connectivity index is 5.44. The average Bonchev–Trinajstić information content (AvgIpc) is 2.77. The first kappa shape index (κ1) is 33.7. The molecule has 0 spiro atoms. The second kappa shape index (κ2) is 16.5. The molecule has 0 heterocycles. The van der Waals surface area contributed by atoms with Crippen molar-refractivity contribution in [3.8, 4) is 0 Å². The molecule has 0 radical (unpaired) electrons. The molecule has 0 aliphatic heterocycles. The summed E-state index contributed by atoms with van der Waals surface area (Å²) in [5.74, 6) is -10.1. The number of carboxylic acids is 4. The number of aliphatic carboxylic acids is 4. The van der Waals surface area contributed by atoms with Crippen molar-refractivity contribution >= 4 is 47.5 Å². The van der Waals surface area contributed by atoms with Crippen LogP contribution in [0.15, 0.2) is 0 Å². The highest BCUT2D eigenvalue weighted by atomic mass is 16.4. The van der Waals surface area contributed by atoms with Gasteiger partial charge in [0, 0.05) is 6.42 Å². The zero-order valence-corrected chi connectivity index (χ0v) is 20.8. The van der Waals surface area contributed by atoms with Gasteiger partial charge in [0.1, 0.15) is 18.1 Å². The van der Waals surface area contributed by atoms with Gasteiger partial charge in [0.15, 0.2) is 0 Å². The molecular formula is C21H33N5O12. The Labute approximate surface area is 216 Å². The van der Waals surface area contributed by atoms with Crippen molar-refractivity contribution in [3.63, 3.8) is 0 Å². The highest BCUT2D eigenvalue weighted by Crippen LogP contribution is 2.05. The van der Waals surface area contributed by atoms with E-state index in [1.54, 1.807) is 13.8 Å². The maximum atomic E-state index is 12.7. The summed E-state index contributed by atoms with van der Waals surface area (Å²) in [6, 6.07) is -6.12. The van der Waals surface area contributed by atoms with E-state index in [0.29, 0.717) is 0 Å². The maximum Gasteiger partial charge on any atom is 0.326 e. The van der Waals surface area contributed by atoms with E-state index in [-0.39, 0.29) is 12.3 Å². The number of hydrogen-bond acceptors (Lipinski definition) is 9. The summed E-state index contributed by atoms with van der Waals surface area (Å²) in [6.45, 7) is 2.71. The molecule has 10 N–H and O–H groups in total. The number of nitrogens with two attached hydrogens (primary N) is 1. The SMILES string of the molecule is CC(C)C[C@H](N)C(=O)N[C@@H](CC(=O)O)C(=O)N[C@@H](CCC(=O)O)C(=O)NCC(=O)N[C@@H](CC(=O)O)C(=O)O. The van der Waals surface area contributed by atoms with Crippen LogP contribution in [0, 0.1) is 5.92 Å². The first-order valence-electron chi connectivity index (χ1n) is 11.3. The van der Waals surface area contributed by atoms with Gasteiger partial charge in [-0.1, -0.05) is 13.8 Å². The highest BCUT2D eigenvalue weighted by Gasteiger charge is 2.30. The van der Waals surface area contributed by atoms with Gasteiger partial charge in [-0.2, -0.15) is 0 Å². The van der Waals surface area contributed by atoms with E-state index in [9.17, 15) is 38.4 Å². The smallest absolute Gasteiger partial charge is 0.326 e. The molecule has 0 aliphatic carbocycles. The monoisotopic (exact) mass is 547 g/mol. The van der Waals surface area contributed by atoms with Gasteiger partial charge >= 0.3 is 23.9 Å². The molecule has 17 heteroatoms. The predicted molar refractivity (Wildman–Crippen MR) is 125 cm³/mol. The molecule has 214 valence electrons. The molecule has 0 aromatic rings. The quantitative estimate of drug-likeness (QED) is 0.0819. The van der Waals surface area contributed by atoms with Gasteiger partial charge in [-0.05, 0) is 18.8 Å². The number of rotatable bonds is 18. The van der Waals surface area contributed by atoms with Gasteiger partial charge in [-0.3, -0.25) is 33.6 Å². The van der Waals surface area contributed by atoms with Crippen LogP contribution >= 0.6 is 0 Å². The van der Waals surface area contributed by atoms with Crippen LogP contribution in [0.3, 0.4) is 0 Å². The Morgan fingerprint density at radius 3 is 1.68 bits per heavy atom. The predicted octanol–water partition coefficient (Wildman–Crippen LogP) is -3.17. The van der Waals surface area contributed by atoms with Crippen LogP contribution in [0.2, 0.25) is 0 Å². The van der Waals surface area contributed by atoms with Crippen LogP contribution in [-0.4, -0.2) is 98.6 Å². The first-order chi connectivity index (χ1) is 17.5. The van der Waals surface area contributed by atoms with Crippen molar-refractivity contribution in [2.24, 2.45) is 11.7 Å². The van der Waals surface area contributed by atoms with E-state index in [2.05, 4.69) is 10.6 Å². The van der Waals surface area contributed by atoms with Crippen molar-refractivity contribution in [3.05, 3.63) is 0 Å². The van der Waals surface area contributed by atoms with Gasteiger partial charge < -0.3 is 47.4 Å². The van der Waals surface area contributed by atoms with Crippen LogP contribution in [-0.2, 0) is 38.4 Å². The number of carbonyl (C=O) groups excluding carboxylic acids is 4. The van der Waals surface area contributed by atoms with Crippen molar-refractivity contribution in [1.29, 1.82) is 0 Å². The molecule has 0 rings (SSSR count). The van der Waals surface area contributed by atoms with E-state index >= 15 is 0 Å². The summed E-state index contributed by atoms with van der Waals surface area (Å²) in [5, 5.41) is 44.0. The number of carboxylic acid groups (broad SMARTS) is 4. The highest BCUT2D eigenvalue weighted by molar-refractivity contribution is 5.96. The van der Waals surface area contributed by atoms with Crippen LogP contribution in [0.5, 0.6) is 0 Å². The lowest BCUT2D eigenvalue weighted by Crippen LogP contribution is -2.57. The minimum Gasteiger partial charge on any atom is -0.481 e. The lowest BCUT2D eigenvalue weighted by Gasteiger charge is -2.23. The van der Waals surface area contributed by atoms with Gasteiger partial charge in [-0.15, -0.1) is 0 Å². The van der Waals surface area contributed by atoms with E-state index in [4.69, 9.17) is 26.2 Å². The molecule has 0 aromatic heterocycles. The Morgan fingerprint density at radius 1 is 0.684 bits per heavy atom. The van der Waals surface area contributed by atoms with Gasteiger partial charge in [0.25, 0.3) is 0 Å². The van der Waals surface area contributed by atoms with Crippen LogP contribution in [0.4, 0.5) is 0 Å². The van der Waals surface area contributed by atoms with Crippen molar-refractivity contribution in [2.45, 2.75) is 70.1 Å². The van der Waals surface area contributed by atoms with Gasteiger partial charge in [0.2, 0.25) is 23.6 Å². The molecule has 0 fully saturated rings. The van der Waals surface area contributed by atoms with E-state index in [1.807, 2.05) is 10.6 Å². The zero-order valence-electron chi connectivity index (χ0n) is 20.8. The lowest BCUT2D eigenvalue weighted by atomic mass is 10.0. The summed E-state index contributed by atoms with van der Waals surface area (Å²) in [7, 11) is 0. The molecule has 0 saturated carbocycles. The molecule has 0 aliphatic rings. The largest absolute Gasteiger partial charge is 0.481 e. The molecular weight excluding hydrogens is 514 g/mol. The van der Waals surface area contributed by atoms with E-state index < -0.39 is 104 Å².